The molecule has 2 atom stereocenters. The van der Waals surface area contributed by atoms with E-state index in [1.54, 1.807) is 7.11 Å². The van der Waals surface area contributed by atoms with Crippen molar-refractivity contribution in [3.63, 3.8) is 0 Å². The maximum Gasteiger partial charge on any atom is 0.179 e. The van der Waals surface area contributed by atoms with Crippen LogP contribution in [-0.4, -0.2) is 32.5 Å². The number of methoxy groups -OCH3 is 1. The molecule has 2 heterocycles. The van der Waals surface area contributed by atoms with Crippen LogP contribution < -0.4 is 0 Å². The summed E-state index contributed by atoms with van der Waals surface area (Å²) in [5.41, 5.74) is 3.20. The molecule has 2 aromatic heterocycles. The molecule has 6 heteroatoms. The van der Waals surface area contributed by atoms with Crippen LogP contribution in [0.4, 0.5) is 0 Å². The second-order valence-corrected chi connectivity index (χ2v) is 6.39. The van der Waals surface area contributed by atoms with Gasteiger partial charge in [0, 0.05) is 25.6 Å². The largest absolute Gasteiger partial charge is 0.381 e. The molecule has 1 aliphatic rings. The topological polar surface area (TPSA) is 47.8 Å². The van der Waals surface area contributed by atoms with Crippen molar-refractivity contribution in [3.05, 3.63) is 10.5 Å². The standard InChI is InChI=1S/C13H20N4OS/c1-7-10-11(16(4)15-7)17(12(19)14-10)8-6-9(18-5)13(8,2)3/h8-9H,6H2,1-5H3,(H,14,19). The van der Waals surface area contributed by atoms with Gasteiger partial charge < -0.3 is 9.72 Å². The zero-order chi connectivity index (χ0) is 13.9. The van der Waals surface area contributed by atoms with E-state index in [1.165, 1.54) is 0 Å². The highest BCUT2D eigenvalue weighted by molar-refractivity contribution is 7.71. The number of H-pyrrole nitrogens is 1. The molecular formula is C13H20N4OS. The number of aryl methyl sites for hydroxylation is 2. The average Bonchev–Trinajstić information content (AvgIpc) is 2.79. The van der Waals surface area contributed by atoms with Crippen molar-refractivity contribution in [2.75, 3.05) is 7.11 Å². The third-order valence-corrected chi connectivity index (χ3v) is 4.89. The maximum atomic E-state index is 5.54. The number of imidazole rings is 1. The van der Waals surface area contributed by atoms with Gasteiger partial charge in [-0.05, 0) is 25.6 Å². The molecule has 104 valence electrons. The molecule has 3 rings (SSSR count). The number of aromatic amines is 1. The summed E-state index contributed by atoms with van der Waals surface area (Å²) in [6, 6.07) is 0.355. The van der Waals surface area contributed by atoms with Gasteiger partial charge in [0.2, 0.25) is 0 Å². The first-order valence-corrected chi connectivity index (χ1v) is 6.95. The Morgan fingerprint density at radius 1 is 1.47 bits per heavy atom. The molecule has 5 nitrogen and oxygen atoms in total. The fourth-order valence-electron chi connectivity index (χ4n) is 3.32. The molecule has 2 aromatic rings. The Labute approximate surface area is 117 Å². The summed E-state index contributed by atoms with van der Waals surface area (Å²) >= 11 is 5.51. The van der Waals surface area contributed by atoms with Gasteiger partial charge in [-0.1, -0.05) is 13.8 Å². The number of nitrogens with zero attached hydrogens (tertiary/aromatic N) is 3. The molecule has 0 saturated heterocycles. The van der Waals surface area contributed by atoms with E-state index in [9.17, 15) is 0 Å². The molecule has 0 aliphatic heterocycles. The first-order chi connectivity index (χ1) is 8.87. The summed E-state index contributed by atoms with van der Waals surface area (Å²) < 4.78 is 10.4. The van der Waals surface area contributed by atoms with Crippen LogP contribution >= 0.6 is 12.2 Å². The molecule has 0 amide bonds. The van der Waals surface area contributed by atoms with E-state index in [-0.39, 0.29) is 5.41 Å². The van der Waals surface area contributed by atoms with Crippen LogP contribution in [0.5, 0.6) is 0 Å². The van der Waals surface area contributed by atoms with Gasteiger partial charge in [0.15, 0.2) is 10.4 Å². The van der Waals surface area contributed by atoms with Crippen LogP contribution in [-0.2, 0) is 11.8 Å². The summed E-state index contributed by atoms with van der Waals surface area (Å²) in [5, 5.41) is 4.47. The summed E-state index contributed by atoms with van der Waals surface area (Å²) in [4.78, 5) is 3.29. The lowest BCUT2D eigenvalue weighted by Gasteiger charge is -2.51. The summed E-state index contributed by atoms with van der Waals surface area (Å²) in [7, 11) is 3.75. The van der Waals surface area contributed by atoms with Gasteiger partial charge in [0.25, 0.3) is 0 Å². The van der Waals surface area contributed by atoms with Crippen molar-refractivity contribution in [2.24, 2.45) is 12.5 Å². The van der Waals surface area contributed by atoms with Crippen molar-refractivity contribution >= 4 is 23.4 Å². The number of hydrogen-bond donors (Lipinski definition) is 1. The van der Waals surface area contributed by atoms with E-state index in [4.69, 9.17) is 17.0 Å². The van der Waals surface area contributed by atoms with Crippen LogP contribution in [0.2, 0.25) is 0 Å². The zero-order valence-electron chi connectivity index (χ0n) is 12.0. The van der Waals surface area contributed by atoms with Crippen molar-refractivity contribution in [1.29, 1.82) is 0 Å². The molecule has 1 N–H and O–H groups in total. The van der Waals surface area contributed by atoms with E-state index >= 15 is 0 Å². The average molecular weight is 280 g/mol. The number of hydrogen-bond acceptors (Lipinski definition) is 3. The van der Waals surface area contributed by atoms with E-state index < -0.39 is 0 Å². The Balaban J connectivity index is 2.17. The minimum Gasteiger partial charge on any atom is -0.381 e. The van der Waals surface area contributed by atoms with Crippen LogP contribution in [0.1, 0.15) is 32.0 Å². The van der Waals surface area contributed by atoms with Crippen LogP contribution in [0, 0.1) is 17.1 Å². The van der Waals surface area contributed by atoms with E-state index in [0.717, 1.165) is 28.0 Å². The number of nitrogens with one attached hydrogen (secondary N) is 1. The SMILES string of the molecule is COC1CC(n2c(=S)[nH]c3c(C)nn(C)c32)C1(C)C. The minimum atomic E-state index is 0.0836. The summed E-state index contributed by atoms with van der Waals surface area (Å²) in [6.45, 7) is 6.47. The lowest BCUT2D eigenvalue weighted by atomic mass is 9.64. The third kappa shape index (κ3) is 1.56. The molecule has 0 bridgehead atoms. The van der Waals surface area contributed by atoms with Crippen molar-refractivity contribution < 1.29 is 4.74 Å². The predicted molar refractivity (Wildman–Crippen MR) is 76.9 cm³/mol. The Morgan fingerprint density at radius 3 is 2.74 bits per heavy atom. The zero-order valence-corrected chi connectivity index (χ0v) is 12.8. The van der Waals surface area contributed by atoms with Gasteiger partial charge in [-0.15, -0.1) is 0 Å². The molecule has 19 heavy (non-hydrogen) atoms. The Hall–Kier alpha value is -1.14. The monoisotopic (exact) mass is 280 g/mol. The van der Waals surface area contributed by atoms with E-state index in [1.807, 2.05) is 18.7 Å². The summed E-state index contributed by atoms with van der Waals surface area (Å²) in [5.74, 6) is 0. The highest BCUT2D eigenvalue weighted by Gasteiger charge is 2.50. The van der Waals surface area contributed by atoms with Crippen molar-refractivity contribution in [2.45, 2.75) is 39.3 Å². The molecule has 1 aliphatic carbocycles. The number of ether oxygens (including phenoxy) is 1. The van der Waals surface area contributed by atoms with Gasteiger partial charge in [-0.25, -0.2) is 0 Å². The molecule has 0 radical (unpaired) electrons. The number of rotatable bonds is 2. The highest BCUT2D eigenvalue weighted by Crippen LogP contribution is 2.52. The number of aromatic nitrogens is 4. The van der Waals surface area contributed by atoms with E-state index in [2.05, 4.69) is 28.5 Å². The fourth-order valence-corrected chi connectivity index (χ4v) is 3.64. The highest BCUT2D eigenvalue weighted by atomic mass is 32.1. The maximum absolute atomic E-state index is 5.54. The van der Waals surface area contributed by atoms with Gasteiger partial charge in [-0.2, -0.15) is 5.10 Å². The molecule has 2 unspecified atom stereocenters. The molecule has 0 aromatic carbocycles. The van der Waals surface area contributed by atoms with Crippen LogP contribution in [0.25, 0.3) is 11.2 Å². The smallest absolute Gasteiger partial charge is 0.179 e. The molecular weight excluding hydrogens is 260 g/mol. The molecule has 1 fully saturated rings. The summed E-state index contributed by atoms with van der Waals surface area (Å²) in [6.07, 6.45) is 1.29. The molecule has 0 spiro atoms. The first kappa shape index (κ1) is 12.9. The second-order valence-electron chi connectivity index (χ2n) is 6.00. The lowest BCUT2D eigenvalue weighted by Crippen LogP contribution is -2.51. The number of fused-ring (bicyclic) bond motifs is 1. The predicted octanol–water partition coefficient (Wildman–Crippen LogP) is 2.73. The lowest BCUT2D eigenvalue weighted by molar-refractivity contribution is -0.112. The Morgan fingerprint density at radius 2 is 2.16 bits per heavy atom. The minimum absolute atomic E-state index is 0.0836. The third-order valence-electron chi connectivity index (χ3n) is 4.59. The van der Waals surface area contributed by atoms with E-state index in [0.29, 0.717) is 12.1 Å². The van der Waals surface area contributed by atoms with Gasteiger partial charge in [0.1, 0.15) is 5.52 Å². The normalized spacial score (nSPS) is 25.7. The van der Waals surface area contributed by atoms with Crippen LogP contribution in [0.3, 0.4) is 0 Å². The van der Waals surface area contributed by atoms with Gasteiger partial charge in [-0.3, -0.25) is 9.25 Å². The van der Waals surface area contributed by atoms with Crippen molar-refractivity contribution in [3.8, 4) is 0 Å². The van der Waals surface area contributed by atoms with Gasteiger partial charge >= 0.3 is 0 Å². The fraction of sp³-hybridized carbons (Fsp3) is 0.692. The Kier molecular flexibility index (Phi) is 2.66. The molecule has 1 saturated carbocycles. The van der Waals surface area contributed by atoms with Crippen molar-refractivity contribution in [1.82, 2.24) is 19.3 Å². The van der Waals surface area contributed by atoms with Crippen LogP contribution in [0.15, 0.2) is 0 Å². The second kappa shape index (κ2) is 3.93. The quantitative estimate of drug-likeness (QED) is 0.860. The van der Waals surface area contributed by atoms with Gasteiger partial charge in [0.05, 0.1) is 11.8 Å². The Bertz CT molecular complexity index is 693. The first-order valence-electron chi connectivity index (χ1n) is 6.54.